The summed E-state index contributed by atoms with van der Waals surface area (Å²) in [5.41, 5.74) is 5.01. The molecular formula is C26H29NO3. The Balaban J connectivity index is 1.24. The fourth-order valence-corrected chi connectivity index (χ4v) is 3.77. The number of aliphatic hydroxyl groups excluding tert-OH is 1. The average molecular weight is 404 g/mol. The van der Waals surface area contributed by atoms with Gasteiger partial charge in [-0.15, -0.1) is 0 Å². The molecule has 0 amide bonds. The van der Waals surface area contributed by atoms with Gasteiger partial charge in [0.15, 0.2) is 0 Å². The van der Waals surface area contributed by atoms with E-state index in [0.29, 0.717) is 13.1 Å². The molecule has 0 bridgehead atoms. The number of ether oxygens (including phenoxy) is 2. The Morgan fingerprint density at radius 2 is 1.87 bits per heavy atom. The van der Waals surface area contributed by atoms with Crippen molar-refractivity contribution in [3.05, 3.63) is 83.9 Å². The molecule has 2 atom stereocenters. The Hall–Kier alpha value is -2.82. The molecule has 3 aromatic carbocycles. The zero-order chi connectivity index (χ0) is 20.8. The standard InChI is InChI=1S/C26H29NO3/c1-19-6-5-7-20(14-19)21-11-13-26-22(15-21)10-12-25(30-26)17-27-16-23(28)18-29-24-8-3-2-4-9-24/h2-9,11,13-15,23,25,27-28H,10,12,16-18H2,1H3. The van der Waals surface area contributed by atoms with Crippen LogP contribution in [0.2, 0.25) is 0 Å². The molecule has 30 heavy (non-hydrogen) atoms. The molecule has 0 aliphatic carbocycles. The highest BCUT2D eigenvalue weighted by Gasteiger charge is 2.20. The van der Waals surface area contributed by atoms with Crippen molar-refractivity contribution in [1.29, 1.82) is 0 Å². The number of fused-ring (bicyclic) bond motifs is 1. The summed E-state index contributed by atoms with van der Waals surface area (Å²) < 4.78 is 11.8. The van der Waals surface area contributed by atoms with Crippen LogP contribution >= 0.6 is 0 Å². The van der Waals surface area contributed by atoms with E-state index in [1.807, 2.05) is 30.3 Å². The lowest BCUT2D eigenvalue weighted by Gasteiger charge is -2.27. The number of hydrogen-bond donors (Lipinski definition) is 2. The molecule has 0 saturated carbocycles. The second-order valence-electron chi connectivity index (χ2n) is 7.91. The highest BCUT2D eigenvalue weighted by Crippen LogP contribution is 2.32. The minimum Gasteiger partial charge on any atom is -0.491 e. The maximum Gasteiger partial charge on any atom is 0.123 e. The van der Waals surface area contributed by atoms with E-state index in [1.54, 1.807) is 0 Å². The van der Waals surface area contributed by atoms with Gasteiger partial charge in [-0.25, -0.2) is 0 Å². The lowest BCUT2D eigenvalue weighted by atomic mass is 9.96. The van der Waals surface area contributed by atoms with Crippen molar-refractivity contribution >= 4 is 0 Å². The summed E-state index contributed by atoms with van der Waals surface area (Å²) in [4.78, 5) is 0. The summed E-state index contributed by atoms with van der Waals surface area (Å²) in [7, 11) is 0. The molecule has 0 saturated heterocycles. The fraction of sp³-hybridized carbons (Fsp3) is 0.308. The minimum absolute atomic E-state index is 0.115. The molecule has 0 radical (unpaired) electrons. The largest absolute Gasteiger partial charge is 0.491 e. The SMILES string of the molecule is Cc1cccc(-c2ccc3c(c2)CCC(CNCC(O)COc2ccccc2)O3)c1. The van der Waals surface area contributed by atoms with Crippen LogP contribution in [0.3, 0.4) is 0 Å². The van der Waals surface area contributed by atoms with Crippen molar-refractivity contribution in [2.75, 3.05) is 19.7 Å². The highest BCUT2D eigenvalue weighted by atomic mass is 16.5. The van der Waals surface area contributed by atoms with Gasteiger partial charge in [-0.05, 0) is 60.7 Å². The van der Waals surface area contributed by atoms with Crippen LogP contribution < -0.4 is 14.8 Å². The quantitative estimate of drug-likeness (QED) is 0.586. The molecule has 1 heterocycles. The maximum absolute atomic E-state index is 10.1. The third kappa shape index (κ3) is 5.41. The molecule has 0 fully saturated rings. The van der Waals surface area contributed by atoms with Gasteiger partial charge in [-0.2, -0.15) is 0 Å². The molecule has 4 rings (SSSR count). The van der Waals surface area contributed by atoms with E-state index in [-0.39, 0.29) is 12.7 Å². The first kappa shape index (κ1) is 20.5. The Kier molecular flexibility index (Phi) is 6.67. The van der Waals surface area contributed by atoms with Crippen molar-refractivity contribution in [3.8, 4) is 22.6 Å². The highest BCUT2D eigenvalue weighted by molar-refractivity contribution is 5.66. The zero-order valence-electron chi connectivity index (χ0n) is 17.4. The Labute approximate surface area is 178 Å². The number of nitrogens with one attached hydrogen (secondary N) is 1. The van der Waals surface area contributed by atoms with Gasteiger partial charge in [-0.1, -0.05) is 54.1 Å². The molecule has 2 unspecified atom stereocenters. The van der Waals surface area contributed by atoms with Crippen molar-refractivity contribution in [3.63, 3.8) is 0 Å². The molecule has 1 aliphatic heterocycles. The molecular weight excluding hydrogens is 374 g/mol. The Morgan fingerprint density at radius 3 is 2.70 bits per heavy atom. The van der Waals surface area contributed by atoms with Crippen LogP contribution in [-0.2, 0) is 6.42 Å². The third-order valence-electron chi connectivity index (χ3n) is 5.38. The van der Waals surface area contributed by atoms with Crippen molar-refractivity contribution in [2.45, 2.75) is 32.0 Å². The van der Waals surface area contributed by atoms with E-state index < -0.39 is 6.10 Å². The third-order valence-corrected chi connectivity index (χ3v) is 5.38. The Bertz CT molecular complexity index is 958. The second kappa shape index (κ2) is 9.79. The number of benzene rings is 3. The summed E-state index contributed by atoms with van der Waals surface area (Å²) in [5, 5.41) is 13.4. The van der Waals surface area contributed by atoms with Gasteiger partial charge in [0.25, 0.3) is 0 Å². The maximum atomic E-state index is 10.1. The Morgan fingerprint density at radius 1 is 1.03 bits per heavy atom. The summed E-state index contributed by atoms with van der Waals surface area (Å²) >= 11 is 0. The van der Waals surface area contributed by atoms with Gasteiger partial charge in [-0.3, -0.25) is 0 Å². The first-order valence-electron chi connectivity index (χ1n) is 10.6. The predicted molar refractivity (Wildman–Crippen MR) is 120 cm³/mol. The molecule has 4 heteroatoms. The van der Waals surface area contributed by atoms with Crippen LogP contribution in [0.15, 0.2) is 72.8 Å². The second-order valence-corrected chi connectivity index (χ2v) is 7.91. The van der Waals surface area contributed by atoms with Gasteiger partial charge < -0.3 is 19.9 Å². The van der Waals surface area contributed by atoms with Crippen molar-refractivity contribution < 1.29 is 14.6 Å². The van der Waals surface area contributed by atoms with Gasteiger partial charge >= 0.3 is 0 Å². The zero-order valence-corrected chi connectivity index (χ0v) is 17.4. The van der Waals surface area contributed by atoms with E-state index >= 15 is 0 Å². The van der Waals surface area contributed by atoms with Crippen LogP contribution in [0.25, 0.3) is 11.1 Å². The number of para-hydroxylation sites is 1. The molecule has 3 aromatic rings. The molecule has 2 N–H and O–H groups in total. The predicted octanol–water partition coefficient (Wildman–Crippen LogP) is 4.39. The average Bonchev–Trinajstić information content (AvgIpc) is 2.78. The number of rotatable bonds is 8. The topological polar surface area (TPSA) is 50.7 Å². The summed E-state index contributed by atoms with van der Waals surface area (Å²) in [6, 6.07) is 24.6. The monoisotopic (exact) mass is 403 g/mol. The number of aryl methyl sites for hydroxylation is 2. The molecule has 156 valence electrons. The van der Waals surface area contributed by atoms with E-state index in [0.717, 1.165) is 24.3 Å². The lowest BCUT2D eigenvalue weighted by Crippen LogP contribution is -2.39. The van der Waals surface area contributed by atoms with Crippen LogP contribution in [0.1, 0.15) is 17.5 Å². The molecule has 0 aromatic heterocycles. The smallest absolute Gasteiger partial charge is 0.123 e. The van der Waals surface area contributed by atoms with Gasteiger partial charge in [0.05, 0.1) is 0 Å². The van der Waals surface area contributed by atoms with E-state index in [1.165, 1.54) is 22.3 Å². The number of hydrogen-bond acceptors (Lipinski definition) is 4. The molecule has 0 spiro atoms. The van der Waals surface area contributed by atoms with E-state index in [4.69, 9.17) is 9.47 Å². The van der Waals surface area contributed by atoms with Crippen LogP contribution in [-0.4, -0.2) is 37.0 Å². The van der Waals surface area contributed by atoms with Crippen LogP contribution in [0.5, 0.6) is 11.5 Å². The molecule has 4 nitrogen and oxygen atoms in total. The van der Waals surface area contributed by atoms with Crippen LogP contribution in [0, 0.1) is 6.92 Å². The first-order valence-corrected chi connectivity index (χ1v) is 10.6. The van der Waals surface area contributed by atoms with Crippen molar-refractivity contribution in [2.24, 2.45) is 0 Å². The minimum atomic E-state index is -0.557. The lowest BCUT2D eigenvalue weighted by molar-refractivity contribution is 0.0998. The summed E-state index contributed by atoms with van der Waals surface area (Å²) in [6.45, 7) is 3.58. The first-order chi connectivity index (χ1) is 14.7. The summed E-state index contributed by atoms with van der Waals surface area (Å²) in [5.74, 6) is 1.74. The summed E-state index contributed by atoms with van der Waals surface area (Å²) in [6.07, 6.45) is 1.53. The van der Waals surface area contributed by atoms with Crippen molar-refractivity contribution in [1.82, 2.24) is 5.32 Å². The van der Waals surface area contributed by atoms with E-state index in [9.17, 15) is 5.11 Å². The normalized spacial score (nSPS) is 16.4. The van der Waals surface area contributed by atoms with Gasteiger partial charge in [0.1, 0.15) is 30.3 Å². The van der Waals surface area contributed by atoms with Crippen LogP contribution in [0.4, 0.5) is 0 Å². The number of aliphatic hydroxyl groups is 1. The fourth-order valence-electron chi connectivity index (χ4n) is 3.77. The van der Waals surface area contributed by atoms with Gasteiger partial charge in [0.2, 0.25) is 0 Å². The molecule has 1 aliphatic rings. The van der Waals surface area contributed by atoms with E-state index in [2.05, 4.69) is 54.7 Å². The van der Waals surface area contributed by atoms with Gasteiger partial charge in [0, 0.05) is 13.1 Å².